The lowest BCUT2D eigenvalue weighted by molar-refractivity contribution is -0.140. The van der Waals surface area contributed by atoms with Gasteiger partial charge in [0, 0.05) is 25.2 Å². The zero-order chi connectivity index (χ0) is 21.9. The maximum Gasteiger partial charge on any atom is 0.341 e. The van der Waals surface area contributed by atoms with Crippen LogP contribution in [0, 0.1) is 5.82 Å². The molecule has 2 aliphatic heterocycles. The summed E-state index contributed by atoms with van der Waals surface area (Å²) in [7, 11) is -3.89. The SMILES string of the molecule is C[C@@H]1CCC[C@H](C)N1C(=O)COC(=O)c1cc(S(=O)(=O)N2CCOCC2)ccc1F. The molecule has 10 heteroatoms. The fourth-order valence-corrected chi connectivity index (χ4v) is 5.38. The summed E-state index contributed by atoms with van der Waals surface area (Å²) in [6, 6.07) is 3.07. The van der Waals surface area contributed by atoms with Gasteiger partial charge < -0.3 is 14.4 Å². The second-order valence-corrected chi connectivity index (χ2v) is 9.60. The molecular formula is C20H27FN2O6S. The van der Waals surface area contributed by atoms with Crippen LogP contribution in [-0.4, -0.2) is 74.5 Å². The molecule has 1 aromatic carbocycles. The van der Waals surface area contributed by atoms with Crippen molar-refractivity contribution in [2.24, 2.45) is 0 Å². The second-order valence-electron chi connectivity index (χ2n) is 7.66. The molecule has 2 aliphatic rings. The molecule has 2 heterocycles. The van der Waals surface area contributed by atoms with E-state index in [9.17, 15) is 22.4 Å². The van der Waals surface area contributed by atoms with E-state index in [1.807, 2.05) is 13.8 Å². The largest absolute Gasteiger partial charge is 0.452 e. The summed E-state index contributed by atoms with van der Waals surface area (Å²) >= 11 is 0. The highest BCUT2D eigenvalue weighted by atomic mass is 32.2. The molecule has 0 radical (unpaired) electrons. The Hall–Kier alpha value is -2.04. The molecule has 1 aromatic rings. The van der Waals surface area contributed by atoms with Crippen LogP contribution in [-0.2, 0) is 24.3 Å². The minimum absolute atomic E-state index is 0.0404. The van der Waals surface area contributed by atoms with Crippen LogP contribution in [0.2, 0.25) is 0 Å². The van der Waals surface area contributed by atoms with Crippen LogP contribution in [0.5, 0.6) is 0 Å². The van der Waals surface area contributed by atoms with Gasteiger partial charge in [-0.25, -0.2) is 17.6 Å². The summed E-state index contributed by atoms with van der Waals surface area (Å²) in [6.45, 7) is 4.26. The molecule has 0 N–H and O–H groups in total. The van der Waals surface area contributed by atoms with Crippen LogP contribution in [0.3, 0.4) is 0 Å². The van der Waals surface area contributed by atoms with Gasteiger partial charge in [-0.2, -0.15) is 4.31 Å². The van der Waals surface area contributed by atoms with Gasteiger partial charge in [0.05, 0.1) is 23.7 Å². The number of hydrogen-bond donors (Lipinski definition) is 0. The minimum atomic E-state index is -3.89. The van der Waals surface area contributed by atoms with Gasteiger partial charge in [0.15, 0.2) is 6.61 Å². The van der Waals surface area contributed by atoms with Crippen molar-refractivity contribution < 1.29 is 31.9 Å². The molecule has 0 aliphatic carbocycles. The Labute approximate surface area is 176 Å². The van der Waals surface area contributed by atoms with Gasteiger partial charge in [-0.3, -0.25) is 4.79 Å². The molecule has 30 heavy (non-hydrogen) atoms. The number of esters is 1. The van der Waals surface area contributed by atoms with E-state index in [0.29, 0.717) is 0 Å². The number of carbonyl (C=O) groups is 2. The Bertz CT molecular complexity index is 891. The predicted molar refractivity (Wildman–Crippen MR) is 106 cm³/mol. The van der Waals surface area contributed by atoms with E-state index in [1.165, 1.54) is 4.31 Å². The maximum atomic E-state index is 14.2. The molecule has 0 aromatic heterocycles. The van der Waals surface area contributed by atoms with E-state index < -0.39 is 34.0 Å². The number of morpholine rings is 1. The zero-order valence-corrected chi connectivity index (χ0v) is 18.0. The number of sulfonamides is 1. The van der Waals surface area contributed by atoms with Crippen molar-refractivity contribution in [3.8, 4) is 0 Å². The Kier molecular flexibility index (Phi) is 7.10. The van der Waals surface area contributed by atoms with E-state index >= 15 is 0 Å². The van der Waals surface area contributed by atoms with Crippen molar-refractivity contribution in [1.82, 2.24) is 9.21 Å². The zero-order valence-electron chi connectivity index (χ0n) is 17.2. The summed E-state index contributed by atoms with van der Waals surface area (Å²) in [6.07, 6.45) is 2.78. The summed E-state index contributed by atoms with van der Waals surface area (Å²) in [5.41, 5.74) is -0.517. The van der Waals surface area contributed by atoms with Crippen molar-refractivity contribution in [3.05, 3.63) is 29.6 Å². The summed E-state index contributed by atoms with van der Waals surface area (Å²) in [5.74, 6) is -2.33. The molecular weight excluding hydrogens is 415 g/mol. The molecule has 2 atom stereocenters. The Morgan fingerprint density at radius 1 is 1.17 bits per heavy atom. The number of piperidine rings is 1. The summed E-state index contributed by atoms with van der Waals surface area (Å²) in [4.78, 5) is 26.4. The number of halogens is 1. The monoisotopic (exact) mass is 442 g/mol. The van der Waals surface area contributed by atoms with E-state index in [-0.39, 0.29) is 49.2 Å². The lowest BCUT2D eigenvalue weighted by Gasteiger charge is -2.38. The normalized spacial score (nSPS) is 23.2. The predicted octanol–water partition coefficient (Wildman–Crippen LogP) is 1.79. The maximum absolute atomic E-state index is 14.2. The number of nitrogens with zero attached hydrogens (tertiary/aromatic N) is 2. The highest BCUT2D eigenvalue weighted by Crippen LogP contribution is 2.23. The van der Waals surface area contributed by atoms with Gasteiger partial charge in [0.1, 0.15) is 5.82 Å². The van der Waals surface area contributed by atoms with Gasteiger partial charge >= 0.3 is 5.97 Å². The van der Waals surface area contributed by atoms with Gasteiger partial charge in [0.2, 0.25) is 10.0 Å². The molecule has 166 valence electrons. The average Bonchev–Trinajstić information content (AvgIpc) is 2.72. The minimum Gasteiger partial charge on any atom is -0.452 e. The lowest BCUT2D eigenvalue weighted by atomic mass is 9.97. The molecule has 0 spiro atoms. The van der Waals surface area contributed by atoms with E-state index in [2.05, 4.69) is 0 Å². The number of hydrogen-bond acceptors (Lipinski definition) is 6. The van der Waals surface area contributed by atoms with Crippen molar-refractivity contribution >= 4 is 21.9 Å². The van der Waals surface area contributed by atoms with Gasteiger partial charge in [0.25, 0.3) is 5.91 Å². The van der Waals surface area contributed by atoms with Crippen molar-refractivity contribution in [3.63, 3.8) is 0 Å². The second kappa shape index (κ2) is 9.40. The quantitative estimate of drug-likeness (QED) is 0.646. The highest BCUT2D eigenvalue weighted by Gasteiger charge is 2.31. The van der Waals surface area contributed by atoms with Crippen LogP contribution >= 0.6 is 0 Å². The van der Waals surface area contributed by atoms with Crippen molar-refractivity contribution in [2.75, 3.05) is 32.9 Å². The first kappa shape index (κ1) is 22.6. The van der Waals surface area contributed by atoms with Crippen LogP contribution in [0.4, 0.5) is 4.39 Å². The van der Waals surface area contributed by atoms with Crippen LogP contribution in [0.15, 0.2) is 23.1 Å². The fourth-order valence-electron chi connectivity index (χ4n) is 3.95. The third kappa shape index (κ3) is 4.81. The Morgan fingerprint density at radius 2 is 1.80 bits per heavy atom. The fraction of sp³-hybridized carbons (Fsp3) is 0.600. The topological polar surface area (TPSA) is 93.2 Å². The van der Waals surface area contributed by atoms with Gasteiger partial charge in [-0.1, -0.05) is 0 Å². The van der Waals surface area contributed by atoms with Crippen LogP contribution in [0.25, 0.3) is 0 Å². The molecule has 8 nitrogen and oxygen atoms in total. The van der Waals surface area contributed by atoms with Crippen molar-refractivity contribution in [2.45, 2.75) is 50.1 Å². The molecule has 3 rings (SSSR count). The molecule has 2 fully saturated rings. The lowest BCUT2D eigenvalue weighted by Crippen LogP contribution is -2.49. The number of carbonyl (C=O) groups excluding carboxylic acids is 2. The van der Waals surface area contributed by atoms with E-state index in [0.717, 1.165) is 37.5 Å². The number of likely N-dealkylation sites (tertiary alicyclic amines) is 1. The Morgan fingerprint density at radius 3 is 2.43 bits per heavy atom. The average molecular weight is 443 g/mol. The number of amides is 1. The standard InChI is InChI=1S/C20H27FN2O6S/c1-14-4-3-5-15(2)23(14)19(24)13-29-20(25)17-12-16(6-7-18(17)21)30(26,27)22-8-10-28-11-9-22/h6-7,12,14-15H,3-5,8-11,13H2,1-2H3/t14-,15+. The Balaban J connectivity index is 1.71. The van der Waals surface area contributed by atoms with E-state index in [1.54, 1.807) is 4.90 Å². The van der Waals surface area contributed by atoms with Gasteiger partial charge in [-0.05, 0) is 51.3 Å². The summed E-state index contributed by atoms with van der Waals surface area (Å²) in [5, 5.41) is 0. The van der Waals surface area contributed by atoms with Crippen molar-refractivity contribution in [1.29, 1.82) is 0 Å². The molecule has 0 unspecified atom stereocenters. The first-order valence-corrected chi connectivity index (χ1v) is 11.5. The molecule has 2 saturated heterocycles. The smallest absolute Gasteiger partial charge is 0.341 e. The van der Waals surface area contributed by atoms with Crippen LogP contribution in [0.1, 0.15) is 43.5 Å². The van der Waals surface area contributed by atoms with E-state index in [4.69, 9.17) is 9.47 Å². The summed E-state index contributed by atoms with van der Waals surface area (Å²) < 4.78 is 51.1. The highest BCUT2D eigenvalue weighted by molar-refractivity contribution is 7.89. The molecule has 1 amide bonds. The third-order valence-electron chi connectivity index (χ3n) is 5.57. The number of benzene rings is 1. The molecule has 0 bridgehead atoms. The third-order valence-corrected chi connectivity index (χ3v) is 7.47. The first-order valence-electron chi connectivity index (χ1n) is 10.1. The molecule has 0 saturated carbocycles. The van der Waals surface area contributed by atoms with Crippen LogP contribution < -0.4 is 0 Å². The number of rotatable bonds is 5. The first-order chi connectivity index (χ1) is 14.2. The van der Waals surface area contributed by atoms with Gasteiger partial charge in [-0.15, -0.1) is 0 Å². The number of ether oxygens (including phenoxy) is 2.